The number of hydrogen-bond donors (Lipinski definition) is 1. The van der Waals surface area contributed by atoms with E-state index in [-0.39, 0.29) is 11.9 Å². The van der Waals surface area contributed by atoms with Crippen molar-refractivity contribution in [3.8, 4) is 5.75 Å². The van der Waals surface area contributed by atoms with Crippen molar-refractivity contribution >= 4 is 5.91 Å². The Kier molecular flexibility index (Phi) is 5.59. The third kappa shape index (κ3) is 4.44. The average Bonchev–Trinajstić information content (AvgIpc) is 2.47. The average molecular weight is 291 g/mol. The summed E-state index contributed by atoms with van der Waals surface area (Å²) in [4.78, 5) is 16.4. The number of likely N-dealkylation sites (N-methyl/N-ethyl adjacent to an activating group) is 1. The molecule has 2 N–H and O–H groups in total. The Morgan fingerprint density at radius 2 is 2.24 bits per heavy atom. The van der Waals surface area contributed by atoms with Crippen LogP contribution in [0.2, 0.25) is 0 Å². The van der Waals surface area contributed by atoms with Crippen LogP contribution in [0, 0.1) is 6.92 Å². The van der Waals surface area contributed by atoms with Gasteiger partial charge in [0.15, 0.2) is 0 Å². The van der Waals surface area contributed by atoms with E-state index in [2.05, 4.69) is 11.9 Å². The van der Waals surface area contributed by atoms with Crippen molar-refractivity contribution in [2.75, 3.05) is 39.8 Å². The number of nitrogens with zero attached hydrogens (tertiary/aromatic N) is 2. The molecular formula is C16H25N3O2. The summed E-state index contributed by atoms with van der Waals surface area (Å²) in [5.74, 6) is 0.947. The van der Waals surface area contributed by atoms with Crippen LogP contribution in [0.25, 0.3) is 0 Å². The van der Waals surface area contributed by atoms with Gasteiger partial charge in [0.25, 0.3) is 0 Å². The van der Waals surface area contributed by atoms with E-state index in [4.69, 9.17) is 10.5 Å². The molecule has 116 valence electrons. The number of amides is 1. The Balaban J connectivity index is 1.81. The number of benzene rings is 1. The fraction of sp³-hybridized carbons (Fsp3) is 0.562. The Morgan fingerprint density at radius 1 is 1.43 bits per heavy atom. The molecule has 1 atom stereocenters. The maximum absolute atomic E-state index is 12.3. The van der Waals surface area contributed by atoms with Gasteiger partial charge in [-0.2, -0.15) is 0 Å². The zero-order chi connectivity index (χ0) is 15.2. The van der Waals surface area contributed by atoms with Gasteiger partial charge in [0, 0.05) is 26.2 Å². The van der Waals surface area contributed by atoms with Crippen molar-refractivity contribution in [2.24, 2.45) is 5.73 Å². The summed E-state index contributed by atoms with van der Waals surface area (Å²) < 4.78 is 5.65. The van der Waals surface area contributed by atoms with Gasteiger partial charge in [0.1, 0.15) is 5.75 Å². The van der Waals surface area contributed by atoms with Gasteiger partial charge in [-0.15, -0.1) is 0 Å². The summed E-state index contributed by atoms with van der Waals surface area (Å²) in [7, 11) is 2.06. The molecule has 0 spiro atoms. The Bertz CT molecular complexity index is 478. The van der Waals surface area contributed by atoms with Gasteiger partial charge in [-0.05, 0) is 31.7 Å². The first-order chi connectivity index (χ1) is 10.1. The molecule has 1 saturated heterocycles. The second kappa shape index (κ2) is 7.43. The molecule has 2 rings (SSSR count). The molecule has 0 aliphatic carbocycles. The van der Waals surface area contributed by atoms with E-state index in [9.17, 15) is 4.79 Å². The number of ether oxygens (including phenoxy) is 1. The predicted molar refractivity (Wildman–Crippen MR) is 83.3 cm³/mol. The van der Waals surface area contributed by atoms with Gasteiger partial charge in [-0.25, -0.2) is 0 Å². The predicted octanol–water partition coefficient (Wildman–Crippen LogP) is 0.865. The summed E-state index contributed by atoms with van der Waals surface area (Å²) in [5, 5.41) is 0. The number of rotatable bonds is 5. The molecule has 1 amide bonds. The molecule has 1 aliphatic heterocycles. The van der Waals surface area contributed by atoms with Crippen molar-refractivity contribution < 1.29 is 9.53 Å². The van der Waals surface area contributed by atoms with Crippen molar-refractivity contribution in [3.63, 3.8) is 0 Å². The SMILES string of the molecule is Cc1cccc(OCCC(=O)N2CCN(C)CC2CN)c1. The summed E-state index contributed by atoms with van der Waals surface area (Å²) in [6.07, 6.45) is 0.397. The molecule has 1 aromatic carbocycles. The van der Waals surface area contributed by atoms with Crippen LogP contribution in [0.4, 0.5) is 0 Å². The van der Waals surface area contributed by atoms with E-state index in [1.54, 1.807) is 0 Å². The molecule has 0 aromatic heterocycles. The third-order valence-corrected chi connectivity index (χ3v) is 3.85. The van der Waals surface area contributed by atoms with Gasteiger partial charge in [-0.3, -0.25) is 4.79 Å². The zero-order valence-electron chi connectivity index (χ0n) is 12.9. The second-order valence-electron chi connectivity index (χ2n) is 5.65. The van der Waals surface area contributed by atoms with Gasteiger partial charge < -0.3 is 20.3 Å². The second-order valence-corrected chi connectivity index (χ2v) is 5.65. The molecule has 5 heteroatoms. The minimum atomic E-state index is 0.121. The molecule has 1 aromatic rings. The highest BCUT2D eigenvalue weighted by Gasteiger charge is 2.27. The largest absolute Gasteiger partial charge is 0.493 e. The van der Waals surface area contributed by atoms with Gasteiger partial charge in [0.2, 0.25) is 5.91 Å². The lowest BCUT2D eigenvalue weighted by Gasteiger charge is -2.39. The highest BCUT2D eigenvalue weighted by molar-refractivity contribution is 5.76. The minimum Gasteiger partial charge on any atom is -0.493 e. The Hall–Kier alpha value is -1.59. The minimum absolute atomic E-state index is 0.121. The Morgan fingerprint density at radius 3 is 2.95 bits per heavy atom. The van der Waals surface area contributed by atoms with Crippen molar-refractivity contribution in [1.29, 1.82) is 0 Å². The van der Waals surface area contributed by atoms with Crippen LogP contribution in [0.3, 0.4) is 0 Å². The number of carbonyl (C=O) groups is 1. The van der Waals surface area contributed by atoms with Gasteiger partial charge in [0.05, 0.1) is 19.1 Å². The molecule has 1 aliphatic rings. The smallest absolute Gasteiger partial charge is 0.226 e. The number of nitrogens with two attached hydrogens (primary N) is 1. The van der Waals surface area contributed by atoms with Crippen LogP contribution in [-0.4, -0.2) is 61.6 Å². The first kappa shape index (κ1) is 15.8. The standard InChI is InChI=1S/C16H25N3O2/c1-13-4-3-5-15(10-13)21-9-6-16(20)19-8-7-18(2)12-14(19)11-17/h3-5,10,14H,6-9,11-12,17H2,1-2H3. The highest BCUT2D eigenvalue weighted by Crippen LogP contribution is 2.13. The number of hydrogen-bond acceptors (Lipinski definition) is 4. The first-order valence-corrected chi connectivity index (χ1v) is 7.47. The van der Waals surface area contributed by atoms with Crippen LogP contribution in [0.1, 0.15) is 12.0 Å². The summed E-state index contributed by atoms with van der Waals surface area (Å²) in [5.41, 5.74) is 6.93. The van der Waals surface area contributed by atoms with Crippen LogP contribution in [0.15, 0.2) is 24.3 Å². The molecule has 0 saturated carbocycles. The lowest BCUT2D eigenvalue weighted by molar-refractivity contribution is -0.136. The maximum atomic E-state index is 12.3. The lowest BCUT2D eigenvalue weighted by Crippen LogP contribution is -2.56. The van der Waals surface area contributed by atoms with Crippen LogP contribution < -0.4 is 10.5 Å². The molecule has 1 heterocycles. The summed E-state index contributed by atoms with van der Waals surface area (Å²) in [6, 6.07) is 7.99. The highest BCUT2D eigenvalue weighted by atomic mass is 16.5. The van der Waals surface area contributed by atoms with Gasteiger partial charge >= 0.3 is 0 Å². The third-order valence-electron chi connectivity index (χ3n) is 3.85. The van der Waals surface area contributed by atoms with E-state index in [0.29, 0.717) is 19.6 Å². The normalized spacial score (nSPS) is 19.6. The topological polar surface area (TPSA) is 58.8 Å². The fourth-order valence-electron chi connectivity index (χ4n) is 2.65. The van der Waals surface area contributed by atoms with E-state index in [0.717, 1.165) is 30.9 Å². The van der Waals surface area contributed by atoms with Crippen LogP contribution in [-0.2, 0) is 4.79 Å². The molecule has 1 unspecified atom stereocenters. The van der Waals surface area contributed by atoms with Gasteiger partial charge in [-0.1, -0.05) is 12.1 Å². The molecular weight excluding hydrogens is 266 g/mol. The Labute approximate surface area is 126 Å². The summed E-state index contributed by atoms with van der Waals surface area (Å²) in [6.45, 7) is 5.44. The molecule has 0 bridgehead atoms. The van der Waals surface area contributed by atoms with Crippen molar-refractivity contribution in [2.45, 2.75) is 19.4 Å². The van der Waals surface area contributed by atoms with E-state index in [1.165, 1.54) is 0 Å². The quantitative estimate of drug-likeness (QED) is 0.874. The maximum Gasteiger partial charge on any atom is 0.226 e. The molecule has 1 fully saturated rings. The fourth-order valence-corrected chi connectivity index (χ4v) is 2.65. The number of carbonyl (C=O) groups excluding carboxylic acids is 1. The van der Waals surface area contributed by atoms with Crippen molar-refractivity contribution in [1.82, 2.24) is 9.80 Å². The van der Waals surface area contributed by atoms with E-state index >= 15 is 0 Å². The van der Waals surface area contributed by atoms with E-state index in [1.807, 2.05) is 36.1 Å². The molecule has 5 nitrogen and oxygen atoms in total. The first-order valence-electron chi connectivity index (χ1n) is 7.47. The molecule has 0 radical (unpaired) electrons. The van der Waals surface area contributed by atoms with Crippen LogP contribution in [0.5, 0.6) is 5.75 Å². The molecule has 21 heavy (non-hydrogen) atoms. The number of aryl methyl sites for hydroxylation is 1. The zero-order valence-corrected chi connectivity index (χ0v) is 12.9. The van der Waals surface area contributed by atoms with Crippen molar-refractivity contribution in [3.05, 3.63) is 29.8 Å². The number of piperazine rings is 1. The van der Waals surface area contributed by atoms with E-state index < -0.39 is 0 Å². The monoisotopic (exact) mass is 291 g/mol. The van der Waals surface area contributed by atoms with Crippen LogP contribution >= 0.6 is 0 Å². The summed E-state index contributed by atoms with van der Waals surface area (Å²) >= 11 is 0. The lowest BCUT2D eigenvalue weighted by atomic mass is 10.1.